The van der Waals surface area contributed by atoms with Crippen molar-refractivity contribution in [3.05, 3.63) is 80.1 Å². The van der Waals surface area contributed by atoms with Crippen LogP contribution in [0.3, 0.4) is 0 Å². The van der Waals surface area contributed by atoms with Gasteiger partial charge in [-0.2, -0.15) is 5.10 Å². The molecule has 3 rings (SSSR count). The predicted molar refractivity (Wildman–Crippen MR) is 99.8 cm³/mol. The molecule has 2 aromatic carbocycles. The molecule has 0 radical (unpaired) electrons. The molecule has 0 bridgehead atoms. The average Bonchev–Trinajstić information content (AvgIpc) is 2.90. The third-order valence-electron chi connectivity index (χ3n) is 3.36. The van der Waals surface area contributed by atoms with E-state index in [1.54, 1.807) is 23.0 Å². The van der Waals surface area contributed by atoms with Crippen LogP contribution in [0, 0.1) is 5.82 Å². The van der Waals surface area contributed by atoms with E-state index in [4.69, 9.17) is 23.2 Å². The van der Waals surface area contributed by atoms with E-state index < -0.39 is 11.7 Å². The van der Waals surface area contributed by atoms with Gasteiger partial charge in [-0.25, -0.2) is 4.39 Å². The molecule has 0 fully saturated rings. The number of anilines is 1. The van der Waals surface area contributed by atoms with Gasteiger partial charge in [0, 0.05) is 11.8 Å². The van der Waals surface area contributed by atoms with Crippen LogP contribution in [0.2, 0.25) is 10.0 Å². The molecular formula is C17H11BrCl2FN3O. The lowest BCUT2D eigenvalue weighted by molar-refractivity contribution is 0.102. The molecule has 0 saturated heterocycles. The van der Waals surface area contributed by atoms with Gasteiger partial charge in [0.2, 0.25) is 0 Å². The minimum atomic E-state index is -0.475. The molecule has 0 aliphatic rings. The van der Waals surface area contributed by atoms with E-state index in [2.05, 4.69) is 26.3 Å². The zero-order chi connectivity index (χ0) is 18.0. The van der Waals surface area contributed by atoms with Crippen molar-refractivity contribution in [3.63, 3.8) is 0 Å². The molecule has 8 heteroatoms. The highest BCUT2D eigenvalue weighted by atomic mass is 79.9. The number of amides is 1. The number of halogens is 4. The summed E-state index contributed by atoms with van der Waals surface area (Å²) in [7, 11) is 0. The minimum absolute atomic E-state index is 0.214. The van der Waals surface area contributed by atoms with Gasteiger partial charge in [0.05, 0.1) is 21.1 Å². The first-order chi connectivity index (χ1) is 11.9. The molecule has 128 valence electrons. The van der Waals surface area contributed by atoms with Gasteiger partial charge < -0.3 is 5.32 Å². The van der Waals surface area contributed by atoms with E-state index in [-0.39, 0.29) is 5.56 Å². The highest BCUT2D eigenvalue weighted by Crippen LogP contribution is 2.25. The number of carbonyl (C=O) groups excluding carboxylic acids is 1. The van der Waals surface area contributed by atoms with Crippen LogP contribution >= 0.6 is 39.1 Å². The zero-order valence-electron chi connectivity index (χ0n) is 12.6. The number of hydrogen-bond acceptors (Lipinski definition) is 2. The second-order valence-corrected chi connectivity index (χ2v) is 6.90. The second-order valence-electron chi connectivity index (χ2n) is 5.24. The Balaban J connectivity index is 1.76. The molecule has 0 atom stereocenters. The van der Waals surface area contributed by atoms with Crippen molar-refractivity contribution in [2.45, 2.75) is 6.54 Å². The maximum absolute atomic E-state index is 13.2. The van der Waals surface area contributed by atoms with Crippen molar-refractivity contribution in [1.29, 1.82) is 0 Å². The fourth-order valence-electron chi connectivity index (χ4n) is 2.20. The fraction of sp³-hybridized carbons (Fsp3) is 0.0588. The molecule has 0 aliphatic heterocycles. The molecule has 0 unspecified atom stereocenters. The van der Waals surface area contributed by atoms with Crippen molar-refractivity contribution in [1.82, 2.24) is 9.78 Å². The molecule has 4 nitrogen and oxygen atoms in total. The van der Waals surface area contributed by atoms with Crippen molar-refractivity contribution in [3.8, 4) is 0 Å². The molecule has 0 aliphatic carbocycles. The minimum Gasteiger partial charge on any atom is -0.304 e. The van der Waals surface area contributed by atoms with Gasteiger partial charge in [-0.3, -0.25) is 9.48 Å². The first-order valence-corrected chi connectivity index (χ1v) is 8.71. The maximum atomic E-state index is 13.2. The Morgan fingerprint density at radius 2 is 2.00 bits per heavy atom. The summed E-state index contributed by atoms with van der Waals surface area (Å²) in [5.41, 5.74) is 1.12. The SMILES string of the molecule is O=C(Nc1nn(Cc2ccc(Cl)c(Cl)c2)cc1Br)c1cccc(F)c1. The van der Waals surface area contributed by atoms with E-state index in [1.807, 2.05) is 6.07 Å². The summed E-state index contributed by atoms with van der Waals surface area (Å²) in [6, 6.07) is 10.7. The van der Waals surface area contributed by atoms with E-state index in [0.29, 0.717) is 26.9 Å². The standard InChI is InChI=1S/C17H11BrCl2FN3O/c18-13-9-24(8-10-4-5-14(19)15(20)6-10)23-16(13)22-17(25)11-2-1-3-12(21)7-11/h1-7,9H,8H2,(H,22,23,25). The number of rotatable bonds is 4. The Morgan fingerprint density at radius 3 is 2.72 bits per heavy atom. The molecule has 3 aromatic rings. The molecule has 1 aromatic heterocycles. The summed E-state index contributed by atoms with van der Waals surface area (Å²) >= 11 is 15.3. The number of carbonyl (C=O) groups is 1. The maximum Gasteiger partial charge on any atom is 0.256 e. The van der Waals surface area contributed by atoms with Gasteiger partial charge in [-0.15, -0.1) is 0 Å². The summed E-state index contributed by atoms with van der Waals surface area (Å²) in [5.74, 6) is -0.578. The van der Waals surface area contributed by atoms with Crippen LogP contribution in [0.4, 0.5) is 10.2 Å². The van der Waals surface area contributed by atoms with Crippen molar-refractivity contribution in [2.24, 2.45) is 0 Å². The van der Waals surface area contributed by atoms with Crippen LogP contribution in [0.25, 0.3) is 0 Å². The van der Waals surface area contributed by atoms with Gasteiger partial charge in [0.25, 0.3) is 5.91 Å². The quantitative estimate of drug-likeness (QED) is 0.588. The van der Waals surface area contributed by atoms with Gasteiger partial charge >= 0.3 is 0 Å². The largest absolute Gasteiger partial charge is 0.304 e. The smallest absolute Gasteiger partial charge is 0.256 e. The lowest BCUT2D eigenvalue weighted by Crippen LogP contribution is -2.13. The second kappa shape index (κ2) is 7.56. The number of nitrogens with zero attached hydrogens (tertiary/aromatic N) is 2. The molecular weight excluding hydrogens is 432 g/mol. The Bertz CT molecular complexity index is 945. The summed E-state index contributed by atoms with van der Waals surface area (Å²) in [4.78, 5) is 12.2. The molecule has 1 amide bonds. The number of benzene rings is 2. The predicted octanol–water partition coefficient (Wildman–Crippen LogP) is 5.39. The molecule has 1 heterocycles. The van der Waals surface area contributed by atoms with Crippen LogP contribution < -0.4 is 5.32 Å². The third-order valence-corrected chi connectivity index (χ3v) is 4.68. The Labute approximate surface area is 161 Å². The summed E-state index contributed by atoms with van der Waals surface area (Å²) < 4.78 is 15.5. The highest BCUT2D eigenvalue weighted by molar-refractivity contribution is 9.10. The topological polar surface area (TPSA) is 46.9 Å². The Morgan fingerprint density at radius 1 is 1.20 bits per heavy atom. The van der Waals surface area contributed by atoms with E-state index in [0.717, 1.165) is 11.6 Å². The fourth-order valence-corrected chi connectivity index (χ4v) is 2.93. The third kappa shape index (κ3) is 4.39. The normalized spacial score (nSPS) is 10.7. The van der Waals surface area contributed by atoms with Crippen molar-refractivity contribution < 1.29 is 9.18 Å². The van der Waals surface area contributed by atoms with E-state index in [1.165, 1.54) is 18.2 Å². The number of nitrogens with one attached hydrogen (secondary N) is 1. The van der Waals surface area contributed by atoms with Gasteiger partial charge in [0.15, 0.2) is 5.82 Å². The highest BCUT2D eigenvalue weighted by Gasteiger charge is 2.13. The van der Waals surface area contributed by atoms with Gasteiger partial charge in [-0.1, -0.05) is 35.3 Å². The van der Waals surface area contributed by atoms with Crippen LogP contribution in [0.1, 0.15) is 15.9 Å². The van der Waals surface area contributed by atoms with Crippen molar-refractivity contribution in [2.75, 3.05) is 5.32 Å². The van der Waals surface area contributed by atoms with Crippen LogP contribution in [-0.4, -0.2) is 15.7 Å². The molecule has 0 spiro atoms. The molecule has 25 heavy (non-hydrogen) atoms. The first-order valence-electron chi connectivity index (χ1n) is 7.16. The van der Waals surface area contributed by atoms with Gasteiger partial charge in [0.1, 0.15) is 5.82 Å². The zero-order valence-corrected chi connectivity index (χ0v) is 15.7. The molecule has 0 saturated carbocycles. The molecule has 1 N–H and O–H groups in total. The number of aromatic nitrogens is 2. The monoisotopic (exact) mass is 441 g/mol. The average molecular weight is 443 g/mol. The summed E-state index contributed by atoms with van der Waals surface area (Å²) in [5, 5.41) is 7.91. The Kier molecular flexibility index (Phi) is 5.42. The van der Waals surface area contributed by atoms with E-state index in [9.17, 15) is 9.18 Å². The lowest BCUT2D eigenvalue weighted by Gasteiger charge is -2.04. The first kappa shape index (κ1) is 17.9. The lowest BCUT2D eigenvalue weighted by atomic mass is 10.2. The van der Waals surface area contributed by atoms with Crippen molar-refractivity contribution >= 4 is 50.9 Å². The van der Waals surface area contributed by atoms with Gasteiger partial charge in [-0.05, 0) is 51.8 Å². The summed E-state index contributed by atoms with van der Waals surface area (Å²) in [6.07, 6.45) is 1.73. The van der Waals surface area contributed by atoms with Crippen LogP contribution in [0.5, 0.6) is 0 Å². The van der Waals surface area contributed by atoms with Crippen LogP contribution in [0.15, 0.2) is 53.1 Å². The Hall–Kier alpha value is -1.89. The van der Waals surface area contributed by atoms with E-state index >= 15 is 0 Å². The summed E-state index contributed by atoms with van der Waals surface area (Å²) in [6.45, 7) is 0.450. The van der Waals surface area contributed by atoms with Crippen LogP contribution in [-0.2, 0) is 6.54 Å². The number of hydrogen-bond donors (Lipinski definition) is 1.